The highest BCUT2D eigenvalue weighted by molar-refractivity contribution is 7.27. The molecule has 1 saturated heterocycles. The highest BCUT2D eigenvalue weighted by Crippen LogP contribution is 2.42. The van der Waals surface area contributed by atoms with Crippen LogP contribution in [-0.4, -0.2) is 28.3 Å². The summed E-state index contributed by atoms with van der Waals surface area (Å²) in [6, 6.07) is 31.0. The smallest absolute Gasteiger partial charge is 0.455 e. The first kappa shape index (κ1) is 24.7. The Morgan fingerprint density at radius 1 is 0.659 bits per heavy atom. The Labute approximate surface area is 241 Å². The van der Waals surface area contributed by atoms with E-state index in [2.05, 4.69) is 76.2 Å². The summed E-state index contributed by atoms with van der Waals surface area (Å²) in [6.07, 6.45) is 0. The van der Waals surface area contributed by atoms with Crippen molar-refractivity contribution in [3.63, 3.8) is 0 Å². The van der Waals surface area contributed by atoms with Crippen molar-refractivity contribution in [2.75, 3.05) is 0 Å². The number of hydrogen-bond donors (Lipinski definition) is 0. The van der Waals surface area contributed by atoms with Gasteiger partial charge in [0.15, 0.2) is 5.82 Å². The van der Waals surface area contributed by atoms with Crippen LogP contribution < -0.4 is 5.46 Å². The lowest BCUT2D eigenvalue weighted by atomic mass is 9.78. The molecule has 0 bridgehead atoms. The van der Waals surface area contributed by atoms with Crippen molar-refractivity contribution in [3.8, 4) is 22.6 Å². The lowest BCUT2D eigenvalue weighted by molar-refractivity contribution is 0.00578. The zero-order valence-electron chi connectivity index (χ0n) is 23.3. The Morgan fingerprint density at radius 2 is 1.34 bits per heavy atom. The number of hydrogen-bond acceptors (Lipinski definition) is 6. The van der Waals surface area contributed by atoms with E-state index in [1.54, 1.807) is 11.3 Å². The van der Waals surface area contributed by atoms with Gasteiger partial charge in [-0.3, -0.25) is 0 Å². The summed E-state index contributed by atoms with van der Waals surface area (Å²) in [5.74, 6) is 0.641. The second-order valence-electron chi connectivity index (χ2n) is 11.6. The standard InChI is InChI=1S/C34H27BN2O3S/c1-33(2)34(3,4)40-35(39-33)25-18-11-16-23-28-31(41-30(23)25)27(20-12-6-5-7-13-20)36-32(37-28)24-17-10-15-22-21-14-8-9-19-26(21)38-29(22)24/h5-19H,1-4H3. The highest BCUT2D eigenvalue weighted by Gasteiger charge is 2.52. The number of para-hydroxylation sites is 2. The zero-order chi connectivity index (χ0) is 27.9. The van der Waals surface area contributed by atoms with E-state index >= 15 is 0 Å². The van der Waals surface area contributed by atoms with Crippen LogP contribution in [0.1, 0.15) is 27.7 Å². The number of benzene rings is 4. The van der Waals surface area contributed by atoms with Gasteiger partial charge in [-0.25, -0.2) is 9.97 Å². The fourth-order valence-corrected chi connectivity index (χ4v) is 6.95. The van der Waals surface area contributed by atoms with Gasteiger partial charge in [-0.15, -0.1) is 11.3 Å². The number of rotatable bonds is 3. The number of fused-ring (bicyclic) bond motifs is 6. The topological polar surface area (TPSA) is 57.4 Å². The second kappa shape index (κ2) is 8.73. The molecule has 0 spiro atoms. The van der Waals surface area contributed by atoms with E-state index in [0.717, 1.165) is 64.5 Å². The summed E-state index contributed by atoms with van der Waals surface area (Å²) in [7, 11) is -0.464. The molecule has 1 fully saturated rings. The van der Waals surface area contributed by atoms with E-state index in [-0.39, 0.29) is 0 Å². The summed E-state index contributed by atoms with van der Waals surface area (Å²) < 4.78 is 21.5. The van der Waals surface area contributed by atoms with Crippen molar-refractivity contribution in [1.29, 1.82) is 0 Å². The summed E-state index contributed by atoms with van der Waals surface area (Å²) in [4.78, 5) is 10.4. The van der Waals surface area contributed by atoms with Crippen LogP contribution in [0.4, 0.5) is 0 Å². The minimum Gasteiger partial charge on any atom is -0.455 e. The Balaban J connectivity index is 1.41. The van der Waals surface area contributed by atoms with Gasteiger partial charge in [0, 0.05) is 31.9 Å². The molecule has 0 aliphatic carbocycles. The predicted molar refractivity (Wildman–Crippen MR) is 169 cm³/mol. The average Bonchev–Trinajstić information content (AvgIpc) is 3.61. The minimum absolute atomic E-state index is 0.427. The van der Waals surface area contributed by atoms with Crippen molar-refractivity contribution in [2.24, 2.45) is 0 Å². The Bertz CT molecular complexity index is 2120. The maximum atomic E-state index is 6.48. The van der Waals surface area contributed by atoms with E-state index in [1.165, 1.54) is 0 Å². The van der Waals surface area contributed by atoms with Gasteiger partial charge in [-0.1, -0.05) is 78.9 Å². The van der Waals surface area contributed by atoms with Gasteiger partial charge in [0.05, 0.1) is 32.7 Å². The maximum Gasteiger partial charge on any atom is 0.496 e. The molecule has 0 saturated carbocycles. The minimum atomic E-state index is -0.464. The van der Waals surface area contributed by atoms with Crippen LogP contribution in [0.15, 0.2) is 95.4 Å². The molecule has 7 heteroatoms. The van der Waals surface area contributed by atoms with E-state index in [1.807, 2.05) is 42.5 Å². The Kier molecular flexibility index (Phi) is 5.27. The predicted octanol–water partition coefficient (Wildman–Crippen LogP) is 8.38. The van der Waals surface area contributed by atoms with Crippen LogP contribution in [0, 0.1) is 0 Å². The molecule has 1 aliphatic heterocycles. The summed E-state index contributed by atoms with van der Waals surface area (Å²) >= 11 is 1.70. The average molecular weight is 554 g/mol. The van der Waals surface area contributed by atoms with Gasteiger partial charge in [0.2, 0.25) is 0 Å². The van der Waals surface area contributed by atoms with Gasteiger partial charge in [0.1, 0.15) is 11.2 Å². The fourth-order valence-electron chi connectivity index (χ4n) is 5.68. The van der Waals surface area contributed by atoms with E-state index in [0.29, 0.717) is 5.82 Å². The normalized spacial score (nSPS) is 16.4. The molecule has 0 unspecified atom stereocenters. The largest absolute Gasteiger partial charge is 0.496 e. The molecule has 0 amide bonds. The molecule has 200 valence electrons. The molecule has 4 heterocycles. The second-order valence-corrected chi connectivity index (χ2v) is 12.7. The first-order valence-corrected chi connectivity index (χ1v) is 14.7. The molecular formula is C34H27BN2O3S. The first-order valence-electron chi connectivity index (χ1n) is 13.9. The number of thiophene rings is 1. The SMILES string of the molecule is CC1(C)OB(c2cccc3c2sc2c(-c4ccccc4)nc(-c4cccc5c4oc4ccccc45)nc23)OC1(C)C. The van der Waals surface area contributed by atoms with E-state index in [9.17, 15) is 0 Å². The monoisotopic (exact) mass is 554 g/mol. The lowest BCUT2D eigenvalue weighted by Crippen LogP contribution is -2.41. The Hall–Kier alpha value is -4.04. The molecule has 3 aromatic heterocycles. The van der Waals surface area contributed by atoms with Crippen molar-refractivity contribution < 1.29 is 13.7 Å². The van der Waals surface area contributed by atoms with Crippen LogP contribution in [0.3, 0.4) is 0 Å². The zero-order valence-corrected chi connectivity index (χ0v) is 24.1. The molecule has 4 aromatic carbocycles. The molecule has 7 aromatic rings. The van der Waals surface area contributed by atoms with Gasteiger partial charge in [0.25, 0.3) is 0 Å². The van der Waals surface area contributed by atoms with Crippen LogP contribution in [-0.2, 0) is 9.31 Å². The number of aromatic nitrogens is 2. The van der Waals surface area contributed by atoms with Gasteiger partial charge >= 0.3 is 7.12 Å². The molecule has 0 atom stereocenters. The van der Waals surface area contributed by atoms with Crippen LogP contribution in [0.25, 0.3) is 64.9 Å². The van der Waals surface area contributed by atoms with Crippen LogP contribution >= 0.6 is 11.3 Å². The fraction of sp³-hybridized carbons (Fsp3) is 0.176. The van der Waals surface area contributed by atoms with Crippen molar-refractivity contribution in [2.45, 2.75) is 38.9 Å². The van der Waals surface area contributed by atoms with Crippen molar-refractivity contribution in [3.05, 3.63) is 91.0 Å². The molecule has 0 radical (unpaired) electrons. The summed E-state index contributed by atoms with van der Waals surface area (Å²) in [6.45, 7) is 8.34. The van der Waals surface area contributed by atoms with Crippen molar-refractivity contribution in [1.82, 2.24) is 9.97 Å². The third-order valence-electron chi connectivity index (χ3n) is 8.57. The third kappa shape index (κ3) is 3.70. The third-order valence-corrected chi connectivity index (χ3v) is 9.82. The molecule has 8 rings (SSSR count). The lowest BCUT2D eigenvalue weighted by Gasteiger charge is -2.32. The first-order chi connectivity index (χ1) is 19.8. The Morgan fingerprint density at radius 3 is 2.15 bits per heavy atom. The van der Waals surface area contributed by atoms with E-state index < -0.39 is 18.3 Å². The highest BCUT2D eigenvalue weighted by atomic mass is 32.1. The molecular weight excluding hydrogens is 527 g/mol. The quantitative estimate of drug-likeness (QED) is 0.205. The number of nitrogens with zero attached hydrogens (tertiary/aromatic N) is 2. The van der Waals surface area contributed by atoms with Gasteiger partial charge in [-0.05, 0) is 39.8 Å². The maximum absolute atomic E-state index is 6.48. The summed E-state index contributed by atoms with van der Waals surface area (Å²) in [5.41, 5.74) is 5.55. The number of furan rings is 1. The van der Waals surface area contributed by atoms with Crippen LogP contribution in [0.2, 0.25) is 0 Å². The van der Waals surface area contributed by atoms with Gasteiger partial charge in [-0.2, -0.15) is 0 Å². The molecule has 1 aliphatic rings. The van der Waals surface area contributed by atoms with Gasteiger partial charge < -0.3 is 13.7 Å². The molecule has 0 N–H and O–H groups in total. The molecule has 41 heavy (non-hydrogen) atoms. The van der Waals surface area contributed by atoms with Crippen molar-refractivity contribution >= 4 is 66.2 Å². The molecule has 5 nitrogen and oxygen atoms in total. The summed E-state index contributed by atoms with van der Waals surface area (Å²) in [5, 5.41) is 3.21. The van der Waals surface area contributed by atoms with Crippen LogP contribution in [0.5, 0.6) is 0 Å². The van der Waals surface area contributed by atoms with E-state index in [4.69, 9.17) is 23.7 Å².